The molecule has 0 N–H and O–H groups in total. The molecule has 8 nitrogen and oxygen atoms in total. The van der Waals surface area contributed by atoms with Gasteiger partial charge in [-0.1, -0.05) is 0 Å². The number of hydrogen-bond donors (Lipinski definition) is 0. The largest absolute Gasteiger partial charge is 0.625 e. The Kier molecular flexibility index (Phi) is 17.1. The first-order valence-electron chi connectivity index (χ1n) is 10.7. The molecule has 0 aliphatic carbocycles. The maximum absolute atomic E-state index is 13.1. The molecule has 0 rings (SSSR count). The van der Waals surface area contributed by atoms with Crippen LogP contribution >= 0.6 is 16.1 Å². The zero-order valence-electron chi connectivity index (χ0n) is 21.1. The summed E-state index contributed by atoms with van der Waals surface area (Å²) in [4.78, 5) is 13.1. The molecule has 0 aromatic carbocycles. The first-order valence-corrected chi connectivity index (χ1v) is 13.9. The fourth-order valence-electron chi connectivity index (χ4n) is 2.38. The van der Waals surface area contributed by atoms with Gasteiger partial charge in [0.1, 0.15) is 36.6 Å². The number of carbonyl (C=O) groups is 1. The van der Waals surface area contributed by atoms with Crippen molar-refractivity contribution in [1.29, 1.82) is 0 Å². The van der Waals surface area contributed by atoms with Gasteiger partial charge in [0.15, 0.2) is 0 Å². The average molecular weight is 581 g/mol. The Hall–Kier alpha value is 0.752. The van der Waals surface area contributed by atoms with E-state index in [0.29, 0.717) is 0 Å². The van der Waals surface area contributed by atoms with Crippen molar-refractivity contribution in [1.82, 2.24) is 0 Å². The molecule has 0 spiro atoms. The summed E-state index contributed by atoms with van der Waals surface area (Å²) in [6, 6.07) is 0. The monoisotopic (exact) mass is 580 g/mol. The van der Waals surface area contributed by atoms with E-state index in [1.165, 1.54) is 0 Å². The molecule has 0 saturated carbocycles. The minimum Gasteiger partial charge on any atom is -0.242 e. The molecule has 31 heavy (non-hydrogen) atoms. The Morgan fingerprint density at radius 2 is 0.806 bits per heavy atom. The van der Waals surface area contributed by atoms with Crippen molar-refractivity contribution in [2.75, 3.05) is 6.16 Å². The van der Waals surface area contributed by atoms with Crippen LogP contribution in [0.2, 0.25) is 0 Å². The predicted molar refractivity (Wildman–Crippen MR) is 122 cm³/mol. The van der Waals surface area contributed by atoms with Crippen molar-refractivity contribution in [3.63, 3.8) is 0 Å². The third-order valence-corrected chi connectivity index (χ3v) is 8.01. The van der Waals surface area contributed by atoms with E-state index in [0.717, 1.165) is 0 Å². The molecule has 11 heteroatoms. The Morgan fingerprint density at radius 3 is 1.03 bits per heavy atom. The van der Waals surface area contributed by atoms with Gasteiger partial charge in [-0.25, -0.2) is 9.32 Å². The van der Waals surface area contributed by atoms with Crippen molar-refractivity contribution in [2.24, 2.45) is 0 Å². The Labute approximate surface area is 204 Å². The third-order valence-electron chi connectivity index (χ3n) is 2.67. The molecule has 0 aromatic rings. The Bertz CT molecular complexity index is 407. The molecule has 0 radical (unpaired) electrons. The van der Waals surface area contributed by atoms with E-state index in [1.54, 1.807) is 0 Å². The van der Waals surface area contributed by atoms with Crippen molar-refractivity contribution in [3.8, 4) is 0 Å². The molecule has 0 aliphatic rings. The first-order chi connectivity index (χ1) is 13.6. The first kappa shape index (κ1) is 33.9. The molecule has 0 aliphatic heterocycles. The van der Waals surface area contributed by atoms with Crippen LogP contribution in [0.1, 0.15) is 83.1 Å². The van der Waals surface area contributed by atoms with Crippen molar-refractivity contribution in [2.45, 2.75) is 120 Å². The molecular weight excluding hydrogens is 537 g/mol. The van der Waals surface area contributed by atoms with E-state index < -0.39 is 22.1 Å². The van der Waals surface area contributed by atoms with Crippen molar-refractivity contribution >= 4 is 22.1 Å². The van der Waals surface area contributed by atoms with Crippen LogP contribution < -0.4 is 0 Å². The summed E-state index contributed by atoms with van der Waals surface area (Å²) in [6.07, 6.45) is -1.61. The van der Waals surface area contributed by atoms with Gasteiger partial charge in [0.25, 0.3) is 0 Å². The van der Waals surface area contributed by atoms with Crippen LogP contribution in [-0.2, 0) is 56.9 Å². The summed E-state index contributed by atoms with van der Waals surface area (Å²) >= 11 is 0. The molecule has 0 heterocycles. The van der Waals surface area contributed by atoms with Crippen LogP contribution in [-0.4, -0.2) is 48.8 Å². The predicted octanol–water partition coefficient (Wildman–Crippen LogP) is 6.52. The van der Waals surface area contributed by atoms with E-state index in [9.17, 15) is 4.79 Å². The minimum absolute atomic E-state index is 0. The van der Waals surface area contributed by atoms with Gasteiger partial charge in [-0.3, -0.25) is 0 Å². The van der Waals surface area contributed by atoms with Crippen LogP contribution in [0.25, 0.3) is 0 Å². The molecule has 0 atom stereocenters. The summed E-state index contributed by atoms with van der Waals surface area (Å²) < 4.78 is 41.6. The molecule has 0 unspecified atom stereocenters. The maximum atomic E-state index is 13.1. The van der Waals surface area contributed by atoms with E-state index in [1.807, 2.05) is 83.1 Å². The summed E-state index contributed by atoms with van der Waals surface area (Å²) in [5, 5.41) is 0. The van der Waals surface area contributed by atoms with Crippen molar-refractivity contribution < 1.29 is 56.9 Å². The molecule has 0 fully saturated rings. The average Bonchev–Trinajstić information content (AvgIpc) is 2.40. The third kappa shape index (κ3) is 15.3. The molecule has 190 valence electrons. The van der Waals surface area contributed by atoms with Crippen LogP contribution in [0, 0.1) is 0 Å². The van der Waals surface area contributed by atoms with Gasteiger partial charge >= 0.3 is 22.1 Å². The number of rotatable bonds is 15. The smallest absolute Gasteiger partial charge is 0.242 e. The van der Waals surface area contributed by atoms with Crippen LogP contribution in [0.15, 0.2) is 0 Å². The maximum Gasteiger partial charge on any atom is 0.625 e. The van der Waals surface area contributed by atoms with Crippen LogP contribution in [0.4, 0.5) is 0 Å². The summed E-state index contributed by atoms with van der Waals surface area (Å²) in [6.45, 7) is 22.2. The van der Waals surface area contributed by atoms with E-state index in [2.05, 4.69) is 0 Å². The van der Waals surface area contributed by atoms with Gasteiger partial charge in [-0.05, 0) is 83.1 Å². The second-order valence-corrected chi connectivity index (χ2v) is 12.5. The van der Waals surface area contributed by atoms with Crippen molar-refractivity contribution in [3.05, 3.63) is 0 Å². The quantitative estimate of drug-likeness (QED) is 0.160. The summed E-state index contributed by atoms with van der Waals surface area (Å²) in [7, 11) is -6.44. The normalized spacial score (nSPS) is 13.1. The fraction of sp³-hybridized carbons (Fsp3) is 0.950. The zero-order valence-corrected chi connectivity index (χ0v) is 24.5. The molecule has 0 aromatic heterocycles. The van der Waals surface area contributed by atoms with Gasteiger partial charge in [0.05, 0.1) is 0 Å². The topological polar surface area (TPSA) is 81.7 Å². The van der Waals surface area contributed by atoms with Crippen LogP contribution in [0.3, 0.4) is 0 Å². The minimum atomic E-state index is -3.41. The van der Waals surface area contributed by atoms with Gasteiger partial charge in [-0.15, -0.1) is 13.6 Å². The van der Waals surface area contributed by atoms with Gasteiger partial charge in [-0.2, -0.15) is 13.6 Å². The SMILES string of the molecule is CC(C)O[P+](CC(=O)O[P+](OC(C)C)(OC(C)C)OC(C)C)(OC(C)C)OC(C)C.[Pd]. The van der Waals surface area contributed by atoms with Gasteiger partial charge in [0, 0.05) is 20.4 Å². The standard InChI is InChI=1S/C20H44O8P2.Pd/c1-14(2)22-29(23-15(3)4,24-16(5)6)13-20(21)28-30(25-17(7)8,26-18(9)10)27-19(11)12;/h14-19H,13H2,1-12H3;/q+2;. The summed E-state index contributed by atoms with van der Waals surface area (Å²) in [5.41, 5.74) is 0. The summed E-state index contributed by atoms with van der Waals surface area (Å²) in [5.74, 6) is -0.611. The second kappa shape index (κ2) is 15.6. The number of carbonyl (C=O) groups excluding carboxylic acids is 1. The van der Waals surface area contributed by atoms with Gasteiger partial charge < -0.3 is 0 Å². The second-order valence-electron chi connectivity index (χ2n) is 8.60. The molecule has 0 amide bonds. The fourth-order valence-corrected chi connectivity index (χ4v) is 7.30. The molecule has 0 bridgehead atoms. The zero-order chi connectivity index (χ0) is 23.7. The molecular formula is C20H44O8P2Pd+2. The van der Waals surface area contributed by atoms with E-state index >= 15 is 0 Å². The van der Waals surface area contributed by atoms with Crippen LogP contribution in [0.5, 0.6) is 0 Å². The number of hydrogen-bond acceptors (Lipinski definition) is 8. The van der Waals surface area contributed by atoms with Gasteiger partial charge in [0.2, 0.25) is 6.16 Å². The Balaban J connectivity index is 0. The molecule has 0 saturated heterocycles. The van der Waals surface area contributed by atoms with E-state index in [-0.39, 0.29) is 63.2 Å². The van der Waals surface area contributed by atoms with E-state index in [4.69, 9.17) is 31.7 Å². The Morgan fingerprint density at radius 1 is 0.548 bits per heavy atom.